The summed E-state index contributed by atoms with van der Waals surface area (Å²) < 4.78 is 0. The van der Waals surface area contributed by atoms with Gasteiger partial charge in [0.25, 0.3) is 11.8 Å². The summed E-state index contributed by atoms with van der Waals surface area (Å²) in [5, 5.41) is 1.37. The number of carbonyl (C=O) groups is 2. The van der Waals surface area contributed by atoms with Crippen molar-refractivity contribution >= 4 is 35.3 Å². The Morgan fingerprint density at radius 1 is 0.920 bits per heavy atom. The lowest BCUT2D eigenvalue weighted by Crippen LogP contribution is -2.38. The molecule has 1 atom stereocenters. The zero-order valence-electron chi connectivity index (χ0n) is 13.9. The van der Waals surface area contributed by atoms with Crippen molar-refractivity contribution in [2.75, 3.05) is 0 Å². The summed E-state index contributed by atoms with van der Waals surface area (Å²) in [5.41, 5.74) is 0. The Kier molecular flexibility index (Phi) is 5.55. The first-order chi connectivity index (χ1) is 12.1. The summed E-state index contributed by atoms with van der Waals surface area (Å²) in [6.07, 6.45) is 4.05. The maximum Gasteiger partial charge on any atom is 0.269 e. The van der Waals surface area contributed by atoms with Crippen LogP contribution in [-0.2, 0) is 9.59 Å². The van der Waals surface area contributed by atoms with E-state index in [0.717, 1.165) is 0 Å². The molecule has 0 radical (unpaired) electrons. The number of hydrogen-bond acceptors (Lipinski definition) is 6. The molecule has 2 aromatic heterocycles. The normalized spacial score (nSPS) is 15.8. The number of amides is 2. The third kappa shape index (κ3) is 3.77. The van der Waals surface area contributed by atoms with Gasteiger partial charge in [-0.3, -0.25) is 14.5 Å². The molecule has 0 aliphatic carbocycles. The second-order valence-electron chi connectivity index (χ2n) is 5.44. The van der Waals surface area contributed by atoms with E-state index in [9.17, 15) is 9.59 Å². The molecule has 1 aliphatic heterocycles. The Balaban J connectivity index is 1.98. The molecule has 128 valence electrons. The number of rotatable bonds is 6. The number of aromatic nitrogens is 2. The highest BCUT2D eigenvalue weighted by Crippen LogP contribution is 2.42. The molecule has 7 heteroatoms. The van der Waals surface area contributed by atoms with Crippen molar-refractivity contribution in [3.63, 3.8) is 0 Å². The zero-order chi connectivity index (χ0) is 17.8. The zero-order valence-corrected chi connectivity index (χ0v) is 15.5. The van der Waals surface area contributed by atoms with Gasteiger partial charge in [0.05, 0.1) is 9.81 Å². The maximum atomic E-state index is 12.9. The summed E-state index contributed by atoms with van der Waals surface area (Å²) >= 11 is 2.46. The minimum atomic E-state index is -0.256. The lowest BCUT2D eigenvalue weighted by Gasteiger charge is -2.21. The first-order valence-electron chi connectivity index (χ1n) is 7.91. The highest BCUT2D eigenvalue weighted by molar-refractivity contribution is 8.08. The molecule has 2 aromatic rings. The van der Waals surface area contributed by atoms with Crippen LogP contribution in [0.25, 0.3) is 0 Å². The van der Waals surface area contributed by atoms with E-state index in [4.69, 9.17) is 0 Å². The minimum absolute atomic E-state index is 0.152. The van der Waals surface area contributed by atoms with Gasteiger partial charge in [0.2, 0.25) is 0 Å². The molecular formula is C18H17N3O2S2. The summed E-state index contributed by atoms with van der Waals surface area (Å²) in [6.45, 7) is 3.84. The molecule has 0 aromatic carbocycles. The van der Waals surface area contributed by atoms with Crippen molar-refractivity contribution in [3.05, 3.63) is 58.6 Å². The lowest BCUT2D eigenvalue weighted by atomic mass is 10.2. The van der Waals surface area contributed by atoms with Gasteiger partial charge in [0.1, 0.15) is 10.1 Å². The summed E-state index contributed by atoms with van der Waals surface area (Å²) in [7, 11) is 0. The van der Waals surface area contributed by atoms with Gasteiger partial charge in [-0.15, -0.1) is 0 Å². The largest absolute Gasteiger partial charge is 0.271 e. The van der Waals surface area contributed by atoms with E-state index >= 15 is 0 Å². The van der Waals surface area contributed by atoms with Gasteiger partial charge in [-0.2, -0.15) is 0 Å². The Hall–Kier alpha value is -2.12. The standard InChI is InChI=1S/C18H17N3O2S2/c1-3-12(2)21-17(22)15(24-13-8-4-6-10-19-13)16(18(21)23)25-14-9-5-7-11-20-14/h4-12H,3H2,1-2H3. The van der Waals surface area contributed by atoms with Crippen LogP contribution < -0.4 is 0 Å². The Morgan fingerprint density at radius 2 is 1.40 bits per heavy atom. The monoisotopic (exact) mass is 371 g/mol. The molecule has 0 bridgehead atoms. The van der Waals surface area contributed by atoms with Gasteiger partial charge in [0.15, 0.2) is 0 Å². The molecule has 3 heterocycles. The second-order valence-corrected chi connectivity index (χ2v) is 7.50. The van der Waals surface area contributed by atoms with Gasteiger partial charge in [-0.05, 0) is 37.6 Å². The van der Waals surface area contributed by atoms with Crippen LogP contribution in [0.5, 0.6) is 0 Å². The predicted molar refractivity (Wildman–Crippen MR) is 98.8 cm³/mol. The third-order valence-electron chi connectivity index (χ3n) is 3.75. The van der Waals surface area contributed by atoms with E-state index in [1.807, 2.05) is 50.2 Å². The van der Waals surface area contributed by atoms with E-state index in [1.165, 1.54) is 28.4 Å². The highest BCUT2D eigenvalue weighted by atomic mass is 32.2. The number of carbonyl (C=O) groups excluding carboxylic acids is 2. The molecule has 25 heavy (non-hydrogen) atoms. The third-order valence-corrected chi connectivity index (χ3v) is 5.95. The number of imide groups is 1. The van der Waals surface area contributed by atoms with E-state index in [1.54, 1.807) is 12.4 Å². The summed E-state index contributed by atoms with van der Waals surface area (Å²) in [6, 6.07) is 10.8. The van der Waals surface area contributed by atoms with E-state index in [-0.39, 0.29) is 17.9 Å². The van der Waals surface area contributed by atoms with Crippen LogP contribution in [0.4, 0.5) is 0 Å². The van der Waals surface area contributed by atoms with Gasteiger partial charge in [0, 0.05) is 18.4 Å². The fourth-order valence-corrected chi connectivity index (χ4v) is 4.21. The van der Waals surface area contributed by atoms with Gasteiger partial charge in [-0.25, -0.2) is 9.97 Å². The van der Waals surface area contributed by atoms with E-state index in [0.29, 0.717) is 26.3 Å². The van der Waals surface area contributed by atoms with E-state index in [2.05, 4.69) is 9.97 Å². The van der Waals surface area contributed by atoms with Crippen LogP contribution in [-0.4, -0.2) is 32.7 Å². The molecule has 1 unspecified atom stereocenters. The lowest BCUT2D eigenvalue weighted by molar-refractivity contribution is -0.139. The van der Waals surface area contributed by atoms with Crippen molar-refractivity contribution in [3.8, 4) is 0 Å². The Bertz CT molecular complexity index is 746. The number of hydrogen-bond donors (Lipinski definition) is 0. The average Bonchev–Trinajstić information content (AvgIpc) is 2.87. The molecule has 0 saturated carbocycles. The van der Waals surface area contributed by atoms with Crippen LogP contribution in [0.1, 0.15) is 20.3 Å². The quantitative estimate of drug-likeness (QED) is 0.721. The van der Waals surface area contributed by atoms with Crippen LogP contribution in [0.3, 0.4) is 0 Å². The smallest absolute Gasteiger partial charge is 0.269 e. The minimum Gasteiger partial charge on any atom is -0.271 e. The molecule has 0 fully saturated rings. The maximum absolute atomic E-state index is 12.9. The van der Waals surface area contributed by atoms with Crippen molar-refractivity contribution in [2.45, 2.75) is 36.4 Å². The Morgan fingerprint density at radius 3 is 1.76 bits per heavy atom. The average molecular weight is 371 g/mol. The molecule has 2 amide bonds. The fourth-order valence-electron chi connectivity index (χ4n) is 2.29. The molecule has 0 N–H and O–H groups in total. The SMILES string of the molecule is CCC(C)N1C(=O)C(Sc2ccccn2)=C(Sc2ccccn2)C1=O. The number of thioether (sulfide) groups is 2. The van der Waals surface area contributed by atoms with Crippen molar-refractivity contribution in [1.29, 1.82) is 0 Å². The van der Waals surface area contributed by atoms with Gasteiger partial charge >= 0.3 is 0 Å². The first-order valence-corrected chi connectivity index (χ1v) is 9.55. The number of nitrogens with zero attached hydrogens (tertiary/aromatic N) is 3. The van der Waals surface area contributed by atoms with Crippen LogP contribution >= 0.6 is 23.5 Å². The summed E-state index contributed by atoms with van der Waals surface area (Å²) in [5.74, 6) is -0.512. The Labute approximate surface area is 154 Å². The van der Waals surface area contributed by atoms with Crippen molar-refractivity contribution in [1.82, 2.24) is 14.9 Å². The predicted octanol–water partition coefficient (Wildman–Crippen LogP) is 3.74. The van der Waals surface area contributed by atoms with Gasteiger partial charge in [-0.1, -0.05) is 42.6 Å². The van der Waals surface area contributed by atoms with E-state index < -0.39 is 0 Å². The van der Waals surface area contributed by atoms with Crippen LogP contribution in [0.15, 0.2) is 68.7 Å². The molecule has 0 saturated heterocycles. The molecular weight excluding hydrogens is 354 g/mol. The second kappa shape index (κ2) is 7.84. The fraction of sp³-hybridized carbons (Fsp3) is 0.222. The molecule has 0 spiro atoms. The topological polar surface area (TPSA) is 63.2 Å². The molecule has 3 rings (SSSR count). The van der Waals surface area contributed by atoms with Crippen LogP contribution in [0.2, 0.25) is 0 Å². The molecule has 1 aliphatic rings. The van der Waals surface area contributed by atoms with Crippen molar-refractivity contribution in [2.24, 2.45) is 0 Å². The molecule has 5 nitrogen and oxygen atoms in total. The number of pyridine rings is 2. The highest BCUT2D eigenvalue weighted by Gasteiger charge is 2.41. The van der Waals surface area contributed by atoms with Crippen molar-refractivity contribution < 1.29 is 9.59 Å². The summed E-state index contributed by atoms with van der Waals surface area (Å²) in [4.78, 5) is 36.5. The first kappa shape index (κ1) is 17.7. The van der Waals surface area contributed by atoms with Crippen LogP contribution in [0, 0.1) is 0 Å². The van der Waals surface area contributed by atoms with Gasteiger partial charge < -0.3 is 0 Å².